The van der Waals surface area contributed by atoms with E-state index in [9.17, 15) is 19.8 Å². The largest absolute Gasteiger partial charge is 0.466 e. The van der Waals surface area contributed by atoms with E-state index in [1.807, 2.05) is 6.08 Å². The Kier molecular flexibility index (Phi) is 72.8. The second-order valence-electron chi connectivity index (χ2n) is 27.1. The molecule has 0 rings (SSSR count). The molecule has 2 unspecified atom stereocenters. The minimum absolute atomic E-state index is 0.0239. The highest BCUT2D eigenvalue weighted by atomic mass is 16.5. The van der Waals surface area contributed by atoms with Gasteiger partial charge in [-0.3, -0.25) is 9.59 Å². The molecule has 0 aliphatic rings. The van der Waals surface area contributed by atoms with Crippen LogP contribution in [0.4, 0.5) is 0 Å². The highest BCUT2D eigenvalue weighted by Crippen LogP contribution is 2.20. The van der Waals surface area contributed by atoms with Gasteiger partial charge in [-0.25, -0.2) is 0 Å². The number of rotatable bonds is 74. The van der Waals surface area contributed by atoms with Crippen LogP contribution in [0.2, 0.25) is 0 Å². The molecule has 2 atom stereocenters. The highest BCUT2D eigenvalue weighted by Gasteiger charge is 2.18. The summed E-state index contributed by atoms with van der Waals surface area (Å²) in [6, 6.07) is -0.626. The second kappa shape index (κ2) is 74.1. The van der Waals surface area contributed by atoms with Crippen molar-refractivity contribution in [1.82, 2.24) is 5.32 Å². The maximum atomic E-state index is 12.5. The molecule has 0 radical (unpaired) electrons. The monoisotopic (exact) mass is 1180 g/mol. The van der Waals surface area contributed by atoms with Crippen LogP contribution in [-0.2, 0) is 14.3 Å². The summed E-state index contributed by atoms with van der Waals surface area (Å²) in [4.78, 5) is 24.6. The summed E-state index contributed by atoms with van der Waals surface area (Å²) in [5, 5.41) is 23.3. The van der Waals surface area contributed by atoms with E-state index in [1.54, 1.807) is 6.08 Å². The number of amides is 1. The first-order chi connectivity index (χ1) is 41.5. The molecule has 0 aliphatic carbocycles. The summed E-state index contributed by atoms with van der Waals surface area (Å²) in [5.74, 6) is -0.0352. The number of allylic oxidation sites excluding steroid dienone is 1. The van der Waals surface area contributed by atoms with Gasteiger partial charge >= 0.3 is 5.97 Å². The predicted octanol–water partition coefficient (Wildman–Crippen LogP) is 25.5. The summed E-state index contributed by atoms with van der Waals surface area (Å²) in [5.41, 5.74) is 0. The Bertz CT molecular complexity index is 1270. The van der Waals surface area contributed by atoms with Crippen LogP contribution in [0.15, 0.2) is 12.2 Å². The summed E-state index contributed by atoms with van der Waals surface area (Å²) in [6.45, 7) is 4.97. The van der Waals surface area contributed by atoms with Gasteiger partial charge in [-0.2, -0.15) is 0 Å². The molecule has 0 saturated heterocycles. The molecule has 6 heteroatoms. The molecule has 0 aromatic rings. The third kappa shape index (κ3) is 69.7. The molecule has 0 saturated carbocycles. The van der Waals surface area contributed by atoms with E-state index in [4.69, 9.17) is 4.74 Å². The Hall–Kier alpha value is -1.40. The van der Waals surface area contributed by atoms with Crippen molar-refractivity contribution in [2.75, 3.05) is 13.2 Å². The second-order valence-corrected chi connectivity index (χ2v) is 27.1. The quantitative estimate of drug-likeness (QED) is 0.0320. The number of esters is 1. The van der Waals surface area contributed by atoms with E-state index < -0.39 is 12.1 Å². The zero-order valence-electron chi connectivity index (χ0n) is 57.4. The minimum Gasteiger partial charge on any atom is -0.466 e. The van der Waals surface area contributed by atoms with Crippen LogP contribution in [0.3, 0.4) is 0 Å². The van der Waals surface area contributed by atoms with Crippen molar-refractivity contribution in [2.45, 2.75) is 463 Å². The van der Waals surface area contributed by atoms with Gasteiger partial charge in [0.05, 0.1) is 25.4 Å². The van der Waals surface area contributed by atoms with Gasteiger partial charge in [0.15, 0.2) is 0 Å². The lowest BCUT2D eigenvalue weighted by molar-refractivity contribution is -0.143. The molecule has 84 heavy (non-hydrogen) atoms. The third-order valence-corrected chi connectivity index (χ3v) is 18.6. The average molecular weight is 1190 g/mol. The predicted molar refractivity (Wildman–Crippen MR) is 370 cm³/mol. The Labute approximate surface area is 527 Å². The summed E-state index contributed by atoms with van der Waals surface area (Å²) in [7, 11) is 0. The molecule has 500 valence electrons. The fourth-order valence-electron chi connectivity index (χ4n) is 12.6. The van der Waals surface area contributed by atoms with Crippen LogP contribution in [0.25, 0.3) is 0 Å². The average Bonchev–Trinajstić information content (AvgIpc) is 3.51. The van der Waals surface area contributed by atoms with Crippen molar-refractivity contribution in [1.29, 1.82) is 0 Å². The van der Waals surface area contributed by atoms with Crippen LogP contribution >= 0.6 is 0 Å². The third-order valence-electron chi connectivity index (χ3n) is 18.6. The zero-order valence-corrected chi connectivity index (χ0v) is 57.4. The maximum absolute atomic E-state index is 12.5. The summed E-state index contributed by atoms with van der Waals surface area (Å²) >= 11 is 0. The van der Waals surface area contributed by atoms with Crippen molar-refractivity contribution in [3.63, 3.8) is 0 Å². The van der Waals surface area contributed by atoms with Crippen LogP contribution in [0, 0.1) is 0 Å². The van der Waals surface area contributed by atoms with Gasteiger partial charge in [-0.05, 0) is 32.1 Å². The molecule has 0 aliphatic heterocycles. The fraction of sp³-hybridized carbons (Fsp3) is 0.949. The first kappa shape index (κ1) is 82.6. The van der Waals surface area contributed by atoms with E-state index in [-0.39, 0.29) is 18.5 Å². The van der Waals surface area contributed by atoms with Crippen molar-refractivity contribution in [3.05, 3.63) is 12.2 Å². The van der Waals surface area contributed by atoms with Crippen molar-refractivity contribution in [3.8, 4) is 0 Å². The number of hydrogen-bond acceptors (Lipinski definition) is 5. The van der Waals surface area contributed by atoms with Crippen molar-refractivity contribution < 1.29 is 24.5 Å². The fourth-order valence-corrected chi connectivity index (χ4v) is 12.6. The molecule has 0 heterocycles. The van der Waals surface area contributed by atoms with Gasteiger partial charge in [0.25, 0.3) is 0 Å². The van der Waals surface area contributed by atoms with E-state index in [2.05, 4.69) is 19.2 Å². The standard InChI is InChI=1S/C78H153NO5/c1-3-5-7-9-11-13-15-17-19-21-22-23-33-36-39-42-46-50-54-58-62-66-70-76(81)75(74-80)79-77(82)71-67-63-59-55-51-47-43-40-37-34-31-29-27-25-24-26-28-30-32-35-38-41-45-49-53-57-61-65-69-73-84-78(83)72-68-64-60-56-52-48-44-20-18-16-14-12-10-8-6-4-2/h66,70,75-76,80-81H,3-65,67-69,71-74H2,1-2H3,(H,79,82)/b70-66+. The lowest BCUT2D eigenvalue weighted by Crippen LogP contribution is -2.45. The number of carbonyl (C=O) groups excluding carboxylic acids is 2. The van der Waals surface area contributed by atoms with Crippen molar-refractivity contribution in [2.24, 2.45) is 0 Å². The van der Waals surface area contributed by atoms with Crippen molar-refractivity contribution >= 4 is 11.9 Å². The van der Waals surface area contributed by atoms with Gasteiger partial charge in [-0.15, -0.1) is 0 Å². The minimum atomic E-state index is -0.843. The number of nitrogens with one attached hydrogen (secondary N) is 1. The van der Waals surface area contributed by atoms with Gasteiger partial charge in [0, 0.05) is 12.8 Å². The Balaban J connectivity index is 3.35. The SMILES string of the molecule is CCCCCCCCCCCCCCCCCCCCCC/C=C/C(O)C(CO)NC(=O)CCCCCCCCCCCCCCCCCCCCCCCCCCCCCCCOC(=O)CCCCCCCCCCCCCCCCCC. The molecular weight excluding hydrogens is 1030 g/mol. The maximum Gasteiger partial charge on any atom is 0.305 e. The number of unbranched alkanes of at least 4 members (excludes halogenated alkanes) is 63. The topological polar surface area (TPSA) is 95.9 Å². The lowest BCUT2D eigenvalue weighted by atomic mass is 10.0. The summed E-state index contributed by atoms with van der Waals surface area (Å²) in [6.07, 6.45) is 93.2. The normalized spacial score (nSPS) is 12.5. The van der Waals surface area contributed by atoms with Crippen LogP contribution in [0.1, 0.15) is 450 Å². The van der Waals surface area contributed by atoms with Crippen LogP contribution in [0.5, 0.6) is 0 Å². The van der Waals surface area contributed by atoms with E-state index in [0.717, 1.165) is 38.5 Å². The first-order valence-electron chi connectivity index (χ1n) is 39.0. The molecule has 0 bridgehead atoms. The Morgan fingerprint density at radius 3 is 0.810 bits per heavy atom. The molecule has 1 amide bonds. The first-order valence-corrected chi connectivity index (χ1v) is 39.0. The zero-order chi connectivity index (χ0) is 60.6. The van der Waals surface area contributed by atoms with Gasteiger partial charge in [0.1, 0.15) is 0 Å². The molecule has 0 spiro atoms. The molecule has 6 nitrogen and oxygen atoms in total. The van der Waals surface area contributed by atoms with E-state index in [1.165, 1.54) is 385 Å². The molecule has 0 aromatic carbocycles. The number of carbonyl (C=O) groups is 2. The van der Waals surface area contributed by atoms with Gasteiger partial charge in [0.2, 0.25) is 5.91 Å². The highest BCUT2D eigenvalue weighted by molar-refractivity contribution is 5.76. The molecule has 3 N–H and O–H groups in total. The Morgan fingerprint density at radius 2 is 0.548 bits per heavy atom. The number of ether oxygens (including phenoxy) is 1. The molecular formula is C78H153NO5. The van der Waals surface area contributed by atoms with Crippen LogP contribution < -0.4 is 5.32 Å². The number of aliphatic hydroxyl groups is 2. The van der Waals surface area contributed by atoms with Crippen LogP contribution in [-0.4, -0.2) is 47.4 Å². The Morgan fingerprint density at radius 1 is 0.321 bits per heavy atom. The summed E-state index contributed by atoms with van der Waals surface area (Å²) < 4.78 is 5.51. The molecule has 0 aromatic heterocycles. The van der Waals surface area contributed by atoms with Gasteiger partial charge < -0.3 is 20.3 Å². The van der Waals surface area contributed by atoms with E-state index in [0.29, 0.717) is 19.4 Å². The lowest BCUT2D eigenvalue weighted by Gasteiger charge is -2.20. The van der Waals surface area contributed by atoms with Gasteiger partial charge in [-0.1, -0.05) is 418 Å². The molecule has 0 fully saturated rings. The smallest absolute Gasteiger partial charge is 0.305 e. The number of aliphatic hydroxyl groups excluding tert-OH is 2. The number of hydrogen-bond donors (Lipinski definition) is 3. The van der Waals surface area contributed by atoms with E-state index >= 15 is 0 Å².